The molecule has 2 atom stereocenters. The second-order valence-electron chi connectivity index (χ2n) is 4.75. The van der Waals surface area contributed by atoms with Crippen LogP contribution in [0.3, 0.4) is 0 Å². The number of hydrogen-bond acceptors (Lipinski definition) is 5. The summed E-state index contributed by atoms with van der Waals surface area (Å²) in [5, 5.41) is 17.6. The molecule has 0 aromatic rings. The molecule has 10 heteroatoms. The van der Waals surface area contributed by atoms with E-state index >= 15 is 0 Å². The fraction of sp³-hybridized carbons (Fsp3) is 0.500. The van der Waals surface area contributed by atoms with E-state index < -0.39 is 18.2 Å². The minimum absolute atomic E-state index is 0. The summed E-state index contributed by atoms with van der Waals surface area (Å²) in [5.74, 6) is -1.09. The van der Waals surface area contributed by atoms with Crippen molar-refractivity contribution in [2.24, 2.45) is 4.99 Å². The maximum absolute atomic E-state index is 10.9. The van der Waals surface area contributed by atoms with Crippen molar-refractivity contribution in [2.75, 3.05) is 13.2 Å². The Morgan fingerprint density at radius 2 is 1.92 bits per heavy atom. The van der Waals surface area contributed by atoms with Crippen molar-refractivity contribution < 1.29 is 34.5 Å². The summed E-state index contributed by atoms with van der Waals surface area (Å²) < 4.78 is 5.75. The molecule has 0 spiro atoms. The maximum Gasteiger partial charge on any atom is 0.309 e. The Kier molecular flexibility index (Phi) is 17.0. The summed E-state index contributed by atoms with van der Waals surface area (Å²) in [6, 6.07) is 0. The summed E-state index contributed by atoms with van der Waals surface area (Å²) in [7, 11) is 0. The van der Waals surface area contributed by atoms with E-state index in [1.165, 1.54) is 0 Å². The minimum Gasteiger partial charge on any atom is -0.870 e. The van der Waals surface area contributed by atoms with Crippen LogP contribution in [0, 0.1) is 0 Å². The first-order chi connectivity index (χ1) is 9.92. The molecule has 2 unspecified atom stereocenters. The summed E-state index contributed by atoms with van der Waals surface area (Å²) in [6.45, 7) is 5.83. The second-order valence-corrected chi connectivity index (χ2v) is 4.75. The molecule has 0 saturated carbocycles. The van der Waals surface area contributed by atoms with Crippen LogP contribution in [0.15, 0.2) is 30.0 Å². The third kappa shape index (κ3) is 8.37. The third-order valence-electron chi connectivity index (χ3n) is 3.38. The number of rotatable bonds is 10. The van der Waals surface area contributed by atoms with Crippen molar-refractivity contribution in [3.63, 3.8) is 0 Å². The summed E-state index contributed by atoms with van der Waals surface area (Å²) in [4.78, 5) is 25.7. The van der Waals surface area contributed by atoms with E-state index in [4.69, 9.17) is 14.9 Å². The minimum atomic E-state index is -0.934. The normalized spacial score (nSPS) is 19.1. The Morgan fingerprint density at radius 3 is 2.42 bits per heavy atom. The molecule has 1 aliphatic rings. The number of carbonyl (C=O) groups is 2. The van der Waals surface area contributed by atoms with Gasteiger partial charge in [-0.25, -0.2) is 9.48 Å². The van der Waals surface area contributed by atoms with Crippen LogP contribution in [-0.2, 0) is 14.3 Å². The first kappa shape index (κ1) is 28.8. The topological polar surface area (TPSA) is 126 Å². The third-order valence-corrected chi connectivity index (χ3v) is 3.38. The molecule has 126 valence electrons. The fourth-order valence-electron chi connectivity index (χ4n) is 2.23. The van der Waals surface area contributed by atoms with Gasteiger partial charge in [-0.15, -0.1) is 6.58 Å². The predicted octanol–water partition coefficient (Wildman–Crippen LogP) is 0.636. The van der Waals surface area contributed by atoms with Crippen molar-refractivity contribution >= 4 is 76.9 Å². The molecule has 0 aromatic heterocycles. The van der Waals surface area contributed by atoms with Gasteiger partial charge < -0.3 is 20.4 Å². The number of nitrogens with zero attached hydrogens (tertiary/aromatic N) is 2. The van der Waals surface area contributed by atoms with Gasteiger partial charge in [0.2, 0.25) is 5.84 Å². The Morgan fingerprint density at radius 1 is 1.33 bits per heavy atom. The molecule has 1 heterocycles. The number of aliphatic imine (C=N–C) groups is 1. The quantitative estimate of drug-likeness (QED) is 0.334. The largest absolute Gasteiger partial charge is 0.870 e. The van der Waals surface area contributed by atoms with E-state index in [0.717, 1.165) is 5.84 Å². The van der Waals surface area contributed by atoms with Crippen molar-refractivity contribution in [3.8, 4) is 0 Å². The zero-order chi connectivity index (χ0) is 15.9. The number of amidine groups is 1. The molecule has 0 amide bonds. The Balaban J connectivity index is -0.00000147. The molecular weight excluding hydrogens is 338 g/mol. The van der Waals surface area contributed by atoms with E-state index in [0.29, 0.717) is 13.0 Å². The van der Waals surface area contributed by atoms with Crippen LogP contribution in [-0.4, -0.2) is 116 Å². The van der Waals surface area contributed by atoms with Crippen molar-refractivity contribution in [2.45, 2.75) is 32.4 Å². The number of hydrogen-bond donors (Lipinski definition) is 2. The number of carboxylic acids is 2. The molecule has 2 radical (unpaired) electrons. The van der Waals surface area contributed by atoms with Gasteiger partial charge in [0.1, 0.15) is 12.7 Å². The van der Waals surface area contributed by atoms with Gasteiger partial charge in [-0.05, 0) is 0 Å². The fourth-order valence-corrected chi connectivity index (χ4v) is 2.23. The number of quaternary nitrogens is 1. The second kappa shape index (κ2) is 14.2. The molecule has 0 saturated heterocycles. The van der Waals surface area contributed by atoms with Crippen molar-refractivity contribution in [1.29, 1.82) is 0 Å². The Labute approximate surface area is 185 Å². The average molecular weight is 360 g/mol. The zero-order valence-electron chi connectivity index (χ0n) is 14.5. The monoisotopic (exact) mass is 360 g/mol. The van der Waals surface area contributed by atoms with E-state index in [2.05, 4.69) is 11.6 Å². The molecular formula is C14H22N2Na2O6. The molecule has 1 rings (SSSR count). The van der Waals surface area contributed by atoms with E-state index in [1.807, 2.05) is 0 Å². The SMILES string of the molecule is C=CCC1=NC=C[N+]1(CCC(=O)O)C(C)OCCC(=O)O.[Na].[Na].[OH-]. The average Bonchev–Trinajstić information content (AvgIpc) is 2.80. The Hall–Kier alpha value is -0.0300. The van der Waals surface area contributed by atoms with Gasteiger partial charge in [0, 0.05) is 66.0 Å². The zero-order valence-corrected chi connectivity index (χ0v) is 18.5. The molecule has 0 bridgehead atoms. The van der Waals surface area contributed by atoms with Crippen LogP contribution in [0.2, 0.25) is 0 Å². The van der Waals surface area contributed by atoms with Gasteiger partial charge in [-0.1, -0.05) is 6.08 Å². The number of aliphatic carboxylic acids is 2. The maximum atomic E-state index is 10.9. The smallest absolute Gasteiger partial charge is 0.309 e. The van der Waals surface area contributed by atoms with E-state index in [9.17, 15) is 9.59 Å². The van der Waals surface area contributed by atoms with Crippen LogP contribution < -0.4 is 0 Å². The molecule has 8 nitrogen and oxygen atoms in total. The first-order valence-corrected chi connectivity index (χ1v) is 6.71. The molecule has 3 N–H and O–H groups in total. The molecule has 0 fully saturated rings. The standard InChI is InChI=1S/C14H20N2O5.2Na.H2O/c1-3-4-12-15-7-9-16(12,8-5-13(17)18)11(2)21-10-6-14(19)20;;;/h3,7,9,11H,1,4-6,8,10H2,2H3,(H-,17,18,19,20);;;1H2. The summed E-state index contributed by atoms with van der Waals surface area (Å²) in [6.07, 6.45) is 5.07. The van der Waals surface area contributed by atoms with Crippen molar-refractivity contribution in [3.05, 3.63) is 25.1 Å². The van der Waals surface area contributed by atoms with Crippen LogP contribution in [0.25, 0.3) is 0 Å². The van der Waals surface area contributed by atoms with Gasteiger partial charge in [0.25, 0.3) is 0 Å². The van der Waals surface area contributed by atoms with Gasteiger partial charge in [0.15, 0.2) is 6.23 Å². The van der Waals surface area contributed by atoms with Crippen LogP contribution >= 0.6 is 0 Å². The van der Waals surface area contributed by atoms with Gasteiger partial charge in [-0.2, -0.15) is 0 Å². The van der Waals surface area contributed by atoms with E-state index in [1.54, 1.807) is 25.4 Å². The number of ether oxygens (including phenoxy) is 1. The van der Waals surface area contributed by atoms with Crippen LogP contribution in [0.1, 0.15) is 26.2 Å². The van der Waals surface area contributed by atoms with Gasteiger partial charge in [0.05, 0.1) is 32.1 Å². The van der Waals surface area contributed by atoms with Gasteiger partial charge >= 0.3 is 11.9 Å². The molecule has 24 heavy (non-hydrogen) atoms. The molecule has 1 aliphatic heterocycles. The Bertz CT molecular complexity index is 484. The van der Waals surface area contributed by atoms with E-state index in [-0.39, 0.29) is 88.5 Å². The first-order valence-electron chi connectivity index (χ1n) is 6.71. The molecule has 0 aromatic carbocycles. The predicted molar refractivity (Wildman–Crippen MR) is 89.9 cm³/mol. The summed E-state index contributed by atoms with van der Waals surface area (Å²) >= 11 is 0. The molecule has 0 aliphatic carbocycles. The summed E-state index contributed by atoms with van der Waals surface area (Å²) in [5.41, 5.74) is 0. The van der Waals surface area contributed by atoms with Crippen molar-refractivity contribution in [1.82, 2.24) is 0 Å². The van der Waals surface area contributed by atoms with Crippen LogP contribution in [0.5, 0.6) is 0 Å². The van der Waals surface area contributed by atoms with Gasteiger partial charge in [-0.3, -0.25) is 9.59 Å². The van der Waals surface area contributed by atoms with Crippen LogP contribution in [0.4, 0.5) is 0 Å². The number of carboxylic acid groups (broad SMARTS) is 2.